The van der Waals surface area contributed by atoms with Crippen LogP contribution in [-0.2, 0) is 20.7 Å². The van der Waals surface area contributed by atoms with Gasteiger partial charge < -0.3 is 0 Å². The van der Waals surface area contributed by atoms with E-state index in [0.717, 1.165) is 41.1 Å². The number of thiazole rings is 1. The number of fused-ring (bicyclic) bond motifs is 1. The summed E-state index contributed by atoms with van der Waals surface area (Å²) in [6.07, 6.45) is 2.93. The average molecular weight is 400 g/mol. The largest absolute Gasteiger partial charge is 0.296 e. The summed E-state index contributed by atoms with van der Waals surface area (Å²) in [5.41, 5.74) is 3.12. The van der Waals surface area contributed by atoms with E-state index in [-0.39, 0.29) is 17.4 Å². The molecule has 0 N–H and O–H groups in total. The predicted octanol–water partition coefficient (Wildman–Crippen LogP) is 4.94. The van der Waals surface area contributed by atoms with Crippen LogP contribution in [0.4, 0.5) is 0 Å². The van der Waals surface area contributed by atoms with Gasteiger partial charge in [0.25, 0.3) is 10.1 Å². The normalized spacial score (nSPS) is 16.9. The van der Waals surface area contributed by atoms with Crippen LogP contribution < -0.4 is 0 Å². The molecule has 0 spiro atoms. The molecule has 1 heterocycles. The van der Waals surface area contributed by atoms with Crippen LogP contribution in [0.1, 0.15) is 34.9 Å². The van der Waals surface area contributed by atoms with Crippen LogP contribution >= 0.6 is 11.3 Å². The predicted molar refractivity (Wildman–Crippen MR) is 108 cm³/mol. The Balaban J connectivity index is 1.53. The summed E-state index contributed by atoms with van der Waals surface area (Å²) in [6, 6.07) is 16.8. The van der Waals surface area contributed by atoms with Gasteiger partial charge in [-0.1, -0.05) is 48.0 Å². The number of rotatable bonds is 5. The maximum Gasteiger partial charge on any atom is 0.296 e. The highest BCUT2D eigenvalue weighted by atomic mass is 32.2. The molecule has 0 aliphatic heterocycles. The zero-order valence-corrected chi connectivity index (χ0v) is 16.7. The second-order valence-electron chi connectivity index (χ2n) is 6.83. The van der Waals surface area contributed by atoms with Crippen LogP contribution in [0.25, 0.3) is 10.6 Å². The van der Waals surface area contributed by atoms with Crippen molar-refractivity contribution in [2.24, 2.45) is 0 Å². The van der Waals surface area contributed by atoms with E-state index in [0.29, 0.717) is 0 Å². The van der Waals surface area contributed by atoms with E-state index in [1.54, 1.807) is 35.6 Å². The Morgan fingerprint density at radius 2 is 1.85 bits per heavy atom. The maximum absolute atomic E-state index is 12.5. The summed E-state index contributed by atoms with van der Waals surface area (Å²) >= 11 is 1.71. The quantitative estimate of drug-likeness (QED) is 0.570. The molecular weight excluding hydrogens is 378 g/mol. The van der Waals surface area contributed by atoms with Crippen LogP contribution in [0, 0.1) is 6.92 Å². The van der Waals surface area contributed by atoms with Crippen molar-refractivity contribution in [3.8, 4) is 10.6 Å². The van der Waals surface area contributed by atoms with Gasteiger partial charge in [-0.3, -0.25) is 4.18 Å². The number of hydrogen-bond donors (Lipinski definition) is 0. The standard InChI is InChI=1S/C21H21NO3S2/c1-15-10-12-18(13-11-15)27(23,24)25-14-17-8-5-9-19-20(17)22-21(26-19)16-6-3-2-4-7-16/h2-4,6-7,10-13,17H,5,8-9,14H2,1H3/t17-/m1/s1. The first kappa shape index (κ1) is 18.3. The zero-order valence-electron chi connectivity index (χ0n) is 15.1. The van der Waals surface area contributed by atoms with E-state index < -0.39 is 10.1 Å². The molecule has 0 amide bonds. The third-order valence-corrected chi connectivity index (χ3v) is 7.30. The molecule has 0 fully saturated rings. The first-order valence-electron chi connectivity index (χ1n) is 9.04. The van der Waals surface area contributed by atoms with Gasteiger partial charge in [-0.15, -0.1) is 11.3 Å². The van der Waals surface area contributed by atoms with Crippen molar-refractivity contribution < 1.29 is 12.6 Å². The molecule has 0 radical (unpaired) electrons. The van der Waals surface area contributed by atoms with E-state index in [1.165, 1.54) is 4.88 Å². The Kier molecular flexibility index (Phi) is 5.12. The first-order valence-corrected chi connectivity index (χ1v) is 11.3. The van der Waals surface area contributed by atoms with Gasteiger partial charge in [-0.2, -0.15) is 8.42 Å². The number of aryl methyl sites for hydroxylation is 2. The summed E-state index contributed by atoms with van der Waals surface area (Å²) in [6.45, 7) is 2.06. The summed E-state index contributed by atoms with van der Waals surface area (Å²) in [5.74, 6) is 0.0164. The van der Waals surface area contributed by atoms with Gasteiger partial charge in [0, 0.05) is 16.4 Å². The third-order valence-electron chi connectivity index (χ3n) is 4.83. The Bertz CT molecular complexity index is 1030. The SMILES string of the molecule is Cc1ccc(S(=O)(=O)OC[C@H]2CCCc3sc(-c4ccccc4)nc32)cc1. The molecular formula is C21H21NO3S2. The van der Waals surface area contributed by atoms with Crippen molar-refractivity contribution >= 4 is 21.5 Å². The van der Waals surface area contributed by atoms with Crippen molar-refractivity contribution in [1.29, 1.82) is 0 Å². The van der Waals surface area contributed by atoms with Crippen LogP contribution in [0.3, 0.4) is 0 Å². The highest BCUT2D eigenvalue weighted by Gasteiger charge is 2.27. The summed E-state index contributed by atoms with van der Waals surface area (Å²) in [4.78, 5) is 6.28. The molecule has 0 bridgehead atoms. The fourth-order valence-electron chi connectivity index (χ4n) is 3.32. The van der Waals surface area contributed by atoms with Crippen LogP contribution in [-0.4, -0.2) is 20.0 Å². The minimum Gasteiger partial charge on any atom is -0.266 e. The highest BCUT2D eigenvalue weighted by molar-refractivity contribution is 7.86. The molecule has 3 aromatic rings. The molecule has 1 aliphatic rings. The molecule has 4 rings (SSSR count). The van der Waals surface area contributed by atoms with Gasteiger partial charge in [0.15, 0.2) is 0 Å². The molecule has 1 aliphatic carbocycles. The third kappa shape index (κ3) is 3.98. The van der Waals surface area contributed by atoms with Gasteiger partial charge in [-0.05, 0) is 38.3 Å². The molecule has 1 atom stereocenters. The van der Waals surface area contributed by atoms with E-state index in [2.05, 4.69) is 12.1 Å². The van der Waals surface area contributed by atoms with Gasteiger partial charge in [0.05, 0.1) is 17.2 Å². The van der Waals surface area contributed by atoms with Crippen LogP contribution in [0.15, 0.2) is 59.5 Å². The molecule has 140 valence electrons. The lowest BCUT2D eigenvalue weighted by Gasteiger charge is -2.20. The molecule has 1 aromatic heterocycles. The van der Waals surface area contributed by atoms with Crippen LogP contribution in [0.2, 0.25) is 0 Å². The Morgan fingerprint density at radius 3 is 2.59 bits per heavy atom. The maximum atomic E-state index is 12.5. The fourth-order valence-corrected chi connectivity index (χ4v) is 5.46. The van der Waals surface area contributed by atoms with Gasteiger partial charge in [0.1, 0.15) is 5.01 Å². The minimum atomic E-state index is -3.75. The molecule has 27 heavy (non-hydrogen) atoms. The van der Waals surface area contributed by atoms with Gasteiger partial charge in [-0.25, -0.2) is 4.98 Å². The average Bonchev–Trinajstić information content (AvgIpc) is 3.12. The monoisotopic (exact) mass is 399 g/mol. The number of benzene rings is 2. The Morgan fingerprint density at radius 1 is 1.11 bits per heavy atom. The van der Waals surface area contributed by atoms with Crippen molar-refractivity contribution in [3.05, 3.63) is 70.7 Å². The molecule has 0 unspecified atom stereocenters. The summed E-state index contributed by atoms with van der Waals surface area (Å²) in [5, 5.41) is 0.994. The highest BCUT2D eigenvalue weighted by Crippen LogP contribution is 2.38. The smallest absolute Gasteiger partial charge is 0.266 e. The first-order chi connectivity index (χ1) is 13.0. The van der Waals surface area contributed by atoms with Gasteiger partial charge >= 0.3 is 0 Å². The second-order valence-corrected chi connectivity index (χ2v) is 9.53. The molecule has 0 saturated heterocycles. The van der Waals surface area contributed by atoms with Crippen molar-refractivity contribution in [2.75, 3.05) is 6.61 Å². The topological polar surface area (TPSA) is 56.3 Å². The van der Waals surface area contributed by atoms with Crippen molar-refractivity contribution in [1.82, 2.24) is 4.98 Å². The molecule has 4 nitrogen and oxygen atoms in total. The van der Waals surface area contributed by atoms with Crippen molar-refractivity contribution in [2.45, 2.75) is 37.0 Å². The summed E-state index contributed by atoms with van der Waals surface area (Å²) < 4.78 is 30.4. The molecule has 2 aromatic carbocycles. The lowest BCUT2D eigenvalue weighted by molar-refractivity contribution is 0.277. The summed E-state index contributed by atoms with van der Waals surface area (Å²) in [7, 11) is -3.75. The van der Waals surface area contributed by atoms with Gasteiger partial charge in [0.2, 0.25) is 0 Å². The number of nitrogens with zero attached hydrogens (tertiary/aromatic N) is 1. The lowest BCUT2D eigenvalue weighted by atomic mass is 9.92. The molecule has 0 saturated carbocycles. The van der Waals surface area contributed by atoms with E-state index in [4.69, 9.17) is 9.17 Å². The molecule has 6 heteroatoms. The fraction of sp³-hybridized carbons (Fsp3) is 0.286. The van der Waals surface area contributed by atoms with Crippen LogP contribution in [0.5, 0.6) is 0 Å². The Hall–Kier alpha value is -2.02. The Labute approximate surface area is 164 Å². The zero-order chi connectivity index (χ0) is 18.9. The lowest BCUT2D eigenvalue weighted by Crippen LogP contribution is -2.17. The second kappa shape index (κ2) is 7.54. The number of aromatic nitrogens is 1. The van der Waals surface area contributed by atoms with E-state index in [1.807, 2.05) is 25.1 Å². The van der Waals surface area contributed by atoms with Crippen molar-refractivity contribution in [3.63, 3.8) is 0 Å². The van der Waals surface area contributed by atoms with E-state index in [9.17, 15) is 8.42 Å². The number of hydrogen-bond acceptors (Lipinski definition) is 5. The van der Waals surface area contributed by atoms with E-state index >= 15 is 0 Å². The minimum absolute atomic E-state index is 0.0164.